The number of rotatable bonds is 4. The van der Waals surface area contributed by atoms with Crippen molar-refractivity contribution in [3.63, 3.8) is 0 Å². The summed E-state index contributed by atoms with van der Waals surface area (Å²) in [5.41, 5.74) is 3.36. The SMILES string of the molecule is O=C(Nc1ccc(Br)cc1-c1nc2ccccc2s1)c1ccc(-c2ccc(Br)cc2)o1. The second-order valence-electron chi connectivity index (χ2n) is 6.80. The second-order valence-corrected chi connectivity index (χ2v) is 9.66. The minimum atomic E-state index is -0.312. The maximum atomic E-state index is 12.9. The first-order chi connectivity index (χ1) is 15.1. The summed E-state index contributed by atoms with van der Waals surface area (Å²) in [5.74, 6) is 0.573. The van der Waals surface area contributed by atoms with Crippen LogP contribution in [0.2, 0.25) is 0 Å². The smallest absolute Gasteiger partial charge is 0.291 e. The van der Waals surface area contributed by atoms with E-state index in [-0.39, 0.29) is 11.7 Å². The number of nitrogens with zero attached hydrogens (tertiary/aromatic N) is 1. The Morgan fingerprint density at radius 1 is 0.903 bits per heavy atom. The van der Waals surface area contributed by atoms with Gasteiger partial charge in [-0.25, -0.2) is 4.98 Å². The lowest BCUT2D eigenvalue weighted by Crippen LogP contribution is -2.11. The number of hydrogen-bond acceptors (Lipinski definition) is 4. The monoisotopic (exact) mass is 552 g/mol. The molecule has 0 atom stereocenters. The molecule has 5 aromatic rings. The van der Waals surface area contributed by atoms with Crippen LogP contribution in [0.3, 0.4) is 0 Å². The van der Waals surface area contributed by atoms with Crippen LogP contribution in [-0.4, -0.2) is 10.9 Å². The number of carbonyl (C=O) groups excluding carboxylic acids is 1. The highest BCUT2D eigenvalue weighted by atomic mass is 79.9. The molecule has 0 aliphatic heterocycles. The number of amides is 1. The van der Waals surface area contributed by atoms with Crippen molar-refractivity contribution in [2.45, 2.75) is 0 Å². The van der Waals surface area contributed by atoms with Gasteiger partial charge in [-0.05, 0) is 54.6 Å². The van der Waals surface area contributed by atoms with Crippen LogP contribution in [0, 0.1) is 0 Å². The van der Waals surface area contributed by atoms with Crippen molar-refractivity contribution in [1.29, 1.82) is 0 Å². The molecule has 0 bridgehead atoms. The number of para-hydroxylation sites is 1. The number of hydrogen-bond donors (Lipinski definition) is 1. The first-order valence-electron chi connectivity index (χ1n) is 9.39. The third-order valence-electron chi connectivity index (χ3n) is 4.71. The molecule has 0 fully saturated rings. The van der Waals surface area contributed by atoms with E-state index in [1.807, 2.05) is 66.7 Å². The summed E-state index contributed by atoms with van der Waals surface area (Å²) < 4.78 is 8.81. The van der Waals surface area contributed by atoms with Crippen LogP contribution < -0.4 is 5.32 Å². The fraction of sp³-hybridized carbons (Fsp3) is 0. The maximum Gasteiger partial charge on any atom is 0.291 e. The van der Waals surface area contributed by atoms with Crippen molar-refractivity contribution in [2.75, 3.05) is 5.32 Å². The van der Waals surface area contributed by atoms with Gasteiger partial charge in [0.25, 0.3) is 5.91 Å². The molecule has 5 rings (SSSR count). The van der Waals surface area contributed by atoms with Crippen LogP contribution >= 0.6 is 43.2 Å². The summed E-state index contributed by atoms with van der Waals surface area (Å²) in [7, 11) is 0. The van der Waals surface area contributed by atoms with E-state index in [1.165, 1.54) is 0 Å². The Hall–Kier alpha value is -2.74. The Balaban J connectivity index is 1.45. The van der Waals surface area contributed by atoms with Gasteiger partial charge in [-0.2, -0.15) is 0 Å². The summed E-state index contributed by atoms with van der Waals surface area (Å²) >= 11 is 8.54. The first kappa shape index (κ1) is 20.2. The van der Waals surface area contributed by atoms with Crippen LogP contribution in [-0.2, 0) is 0 Å². The molecule has 0 unspecified atom stereocenters. The third kappa shape index (κ3) is 4.21. The summed E-state index contributed by atoms with van der Waals surface area (Å²) in [6, 6.07) is 24.9. The topological polar surface area (TPSA) is 55.1 Å². The predicted octanol–water partition coefficient (Wildman–Crippen LogP) is 8.00. The normalized spacial score (nSPS) is 11.0. The molecule has 0 radical (unpaired) electrons. The fourth-order valence-corrected chi connectivity index (χ4v) is 4.82. The van der Waals surface area contributed by atoms with Gasteiger partial charge < -0.3 is 9.73 Å². The average molecular weight is 554 g/mol. The molecule has 0 aliphatic rings. The van der Waals surface area contributed by atoms with E-state index in [0.717, 1.165) is 35.3 Å². The minimum absolute atomic E-state index is 0.246. The molecule has 0 saturated heterocycles. The quantitative estimate of drug-likeness (QED) is 0.245. The highest BCUT2D eigenvalue weighted by Crippen LogP contribution is 2.36. The summed E-state index contributed by atoms with van der Waals surface area (Å²) in [6.45, 7) is 0. The Morgan fingerprint density at radius 2 is 1.68 bits per heavy atom. The molecule has 4 nitrogen and oxygen atoms in total. The lowest BCUT2D eigenvalue weighted by atomic mass is 10.2. The fourth-order valence-electron chi connectivity index (χ4n) is 3.20. The Kier molecular flexibility index (Phi) is 5.48. The van der Waals surface area contributed by atoms with Crippen molar-refractivity contribution >= 4 is 65.0 Å². The number of benzene rings is 3. The average Bonchev–Trinajstić information content (AvgIpc) is 3.43. The van der Waals surface area contributed by atoms with Gasteiger partial charge in [0.15, 0.2) is 5.76 Å². The van der Waals surface area contributed by atoms with Crippen molar-refractivity contribution in [1.82, 2.24) is 4.98 Å². The van der Waals surface area contributed by atoms with Gasteiger partial charge in [0.2, 0.25) is 0 Å². The molecule has 2 heterocycles. The number of carbonyl (C=O) groups is 1. The molecule has 152 valence electrons. The number of anilines is 1. The van der Waals surface area contributed by atoms with Crippen LogP contribution in [0.4, 0.5) is 5.69 Å². The summed E-state index contributed by atoms with van der Waals surface area (Å²) in [4.78, 5) is 17.6. The van der Waals surface area contributed by atoms with E-state index in [1.54, 1.807) is 23.5 Å². The van der Waals surface area contributed by atoms with Crippen molar-refractivity contribution in [3.8, 4) is 21.9 Å². The number of halogens is 2. The zero-order valence-electron chi connectivity index (χ0n) is 15.9. The van der Waals surface area contributed by atoms with E-state index >= 15 is 0 Å². The highest BCUT2D eigenvalue weighted by molar-refractivity contribution is 9.10. The molecule has 1 N–H and O–H groups in total. The van der Waals surface area contributed by atoms with Gasteiger partial charge in [0.05, 0.1) is 15.9 Å². The second kappa shape index (κ2) is 8.42. The molecule has 0 spiro atoms. The van der Waals surface area contributed by atoms with E-state index in [2.05, 4.69) is 37.2 Å². The van der Waals surface area contributed by atoms with E-state index in [4.69, 9.17) is 9.40 Å². The summed E-state index contributed by atoms with van der Waals surface area (Å²) in [6.07, 6.45) is 0. The minimum Gasteiger partial charge on any atom is -0.451 e. The van der Waals surface area contributed by atoms with Crippen molar-refractivity contribution in [2.24, 2.45) is 0 Å². The molecule has 7 heteroatoms. The van der Waals surface area contributed by atoms with Crippen molar-refractivity contribution < 1.29 is 9.21 Å². The predicted molar refractivity (Wildman–Crippen MR) is 133 cm³/mol. The Labute approximate surface area is 199 Å². The molecule has 1 amide bonds. The van der Waals surface area contributed by atoms with E-state index < -0.39 is 0 Å². The number of furan rings is 1. The maximum absolute atomic E-state index is 12.9. The zero-order chi connectivity index (χ0) is 21.4. The largest absolute Gasteiger partial charge is 0.451 e. The first-order valence-corrected chi connectivity index (χ1v) is 11.8. The van der Waals surface area contributed by atoms with Crippen LogP contribution in [0.1, 0.15) is 10.6 Å². The molecular weight excluding hydrogens is 540 g/mol. The van der Waals surface area contributed by atoms with Gasteiger partial charge in [-0.3, -0.25) is 4.79 Å². The van der Waals surface area contributed by atoms with Crippen molar-refractivity contribution in [3.05, 3.63) is 93.6 Å². The van der Waals surface area contributed by atoms with E-state index in [9.17, 15) is 4.79 Å². The highest BCUT2D eigenvalue weighted by Gasteiger charge is 2.17. The molecular formula is C24H14Br2N2O2S. The number of thiazole rings is 1. The number of fused-ring (bicyclic) bond motifs is 1. The van der Waals surface area contributed by atoms with Gasteiger partial charge in [-0.15, -0.1) is 11.3 Å². The molecule has 2 aromatic heterocycles. The van der Waals surface area contributed by atoms with Gasteiger partial charge in [0.1, 0.15) is 10.8 Å². The van der Waals surface area contributed by atoms with Gasteiger partial charge in [-0.1, -0.05) is 56.1 Å². The third-order valence-corrected chi connectivity index (χ3v) is 6.80. The Morgan fingerprint density at radius 3 is 2.48 bits per heavy atom. The Bertz CT molecular complexity index is 1370. The lowest BCUT2D eigenvalue weighted by Gasteiger charge is -2.09. The molecule has 0 aliphatic carbocycles. The van der Waals surface area contributed by atoms with Gasteiger partial charge >= 0.3 is 0 Å². The van der Waals surface area contributed by atoms with Crippen LogP contribution in [0.15, 0.2) is 92.2 Å². The summed E-state index contributed by atoms with van der Waals surface area (Å²) in [5, 5.41) is 3.82. The molecule has 3 aromatic carbocycles. The number of nitrogens with one attached hydrogen (secondary N) is 1. The lowest BCUT2D eigenvalue weighted by molar-refractivity contribution is 0.0997. The van der Waals surface area contributed by atoms with Crippen LogP contribution in [0.25, 0.3) is 32.1 Å². The number of aromatic nitrogens is 1. The molecule has 31 heavy (non-hydrogen) atoms. The van der Waals surface area contributed by atoms with E-state index in [0.29, 0.717) is 11.4 Å². The standard InChI is InChI=1S/C24H14Br2N2O2S/c25-15-7-5-14(6-8-15)20-11-12-21(30-20)23(29)27-18-10-9-16(26)13-17(18)24-28-19-3-1-2-4-22(19)31-24/h1-13H,(H,27,29). The molecule has 0 saturated carbocycles. The van der Waals surface area contributed by atoms with Gasteiger partial charge in [0, 0.05) is 20.1 Å². The zero-order valence-corrected chi connectivity index (χ0v) is 19.9. The van der Waals surface area contributed by atoms with Crippen LogP contribution in [0.5, 0.6) is 0 Å².